The van der Waals surface area contributed by atoms with E-state index in [9.17, 15) is 4.79 Å². The molecule has 2 heterocycles. The molecule has 0 saturated carbocycles. The number of hydrogen-bond donors (Lipinski definition) is 2. The summed E-state index contributed by atoms with van der Waals surface area (Å²) in [7, 11) is 0. The van der Waals surface area contributed by atoms with E-state index in [1.807, 2.05) is 45.0 Å². The standard InChI is InChI=1S/C20H24N2O3S2/c1-5-24-18(23)16-13-10-20(3,4)25-11-15(13)27-17(16)22-19(26)21-14-9-7-6-8-12(14)2/h6-9H,5,10-11H2,1-4H3,(H2,21,22,26). The van der Waals surface area contributed by atoms with Gasteiger partial charge in [-0.25, -0.2) is 4.79 Å². The highest BCUT2D eigenvalue weighted by molar-refractivity contribution is 7.80. The maximum atomic E-state index is 12.6. The number of carbonyl (C=O) groups is 1. The molecule has 0 aliphatic carbocycles. The van der Waals surface area contributed by atoms with E-state index in [0.717, 1.165) is 21.7 Å². The Labute approximate surface area is 169 Å². The van der Waals surface area contributed by atoms with E-state index in [2.05, 4.69) is 10.6 Å². The fourth-order valence-electron chi connectivity index (χ4n) is 3.03. The molecule has 0 unspecified atom stereocenters. The monoisotopic (exact) mass is 404 g/mol. The number of nitrogens with one attached hydrogen (secondary N) is 2. The van der Waals surface area contributed by atoms with Crippen LogP contribution in [-0.4, -0.2) is 23.3 Å². The van der Waals surface area contributed by atoms with Crippen LogP contribution in [0.5, 0.6) is 0 Å². The van der Waals surface area contributed by atoms with Crippen molar-refractivity contribution in [2.75, 3.05) is 17.2 Å². The van der Waals surface area contributed by atoms with Crippen LogP contribution in [0, 0.1) is 6.92 Å². The normalized spacial score (nSPS) is 15.0. The van der Waals surface area contributed by atoms with E-state index in [4.69, 9.17) is 21.7 Å². The van der Waals surface area contributed by atoms with Gasteiger partial charge in [0.05, 0.1) is 24.4 Å². The van der Waals surface area contributed by atoms with Gasteiger partial charge >= 0.3 is 5.97 Å². The Kier molecular flexibility index (Phi) is 5.83. The van der Waals surface area contributed by atoms with Gasteiger partial charge in [-0.1, -0.05) is 18.2 Å². The van der Waals surface area contributed by atoms with Gasteiger partial charge in [-0.05, 0) is 57.1 Å². The molecule has 0 spiro atoms. The van der Waals surface area contributed by atoms with Crippen LogP contribution in [0.1, 0.15) is 47.1 Å². The predicted molar refractivity (Wildman–Crippen MR) is 114 cm³/mol. The Bertz CT molecular complexity index is 874. The van der Waals surface area contributed by atoms with E-state index < -0.39 is 0 Å². The third-order valence-corrected chi connectivity index (χ3v) is 5.71. The Morgan fingerprint density at radius 3 is 2.78 bits per heavy atom. The Morgan fingerprint density at radius 2 is 2.07 bits per heavy atom. The molecule has 0 bridgehead atoms. The number of benzene rings is 1. The maximum absolute atomic E-state index is 12.6. The second-order valence-electron chi connectivity index (χ2n) is 7.05. The van der Waals surface area contributed by atoms with Crippen molar-refractivity contribution in [3.8, 4) is 0 Å². The molecule has 0 atom stereocenters. The summed E-state index contributed by atoms with van der Waals surface area (Å²) in [5.74, 6) is -0.325. The predicted octanol–water partition coefficient (Wildman–Crippen LogP) is 4.89. The summed E-state index contributed by atoms with van der Waals surface area (Å²) < 4.78 is 11.2. The van der Waals surface area contributed by atoms with Crippen molar-refractivity contribution in [2.24, 2.45) is 0 Å². The third kappa shape index (κ3) is 4.48. The van der Waals surface area contributed by atoms with Gasteiger partial charge in [-0.2, -0.15) is 0 Å². The van der Waals surface area contributed by atoms with Gasteiger partial charge < -0.3 is 20.1 Å². The summed E-state index contributed by atoms with van der Waals surface area (Å²) in [6.45, 7) is 8.69. The highest BCUT2D eigenvalue weighted by Crippen LogP contribution is 2.40. The molecule has 0 saturated heterocycles. The molecule has 0 fully saturated rings. The smallest absolute Gasteiger partial charge is 0.341 e. The second kappa shape index (κ2) is 7.96. The molecule has 2 N–H and O–H groups in total. The first kappa shape index (κ1) is 19.8. The van der Waals surface area contributed by atoms with Crippen molar-refractivity contribution in [2.45, 2.75) is 46.3 Å². The lowest BCUT2D eigenvalue weighted by Gasteiger charge is -2.30. The van der Waals surface area contributed by atoms with Gasteiger partial charge in [0.2, 0.25) is 0 Å². The molecule has 5 nitrogen and oxygen atoms in total. The molecule has 1 aliphatic heterocycles. The van der Waals surface area contributed by atoms with Gasteiger partial charge in [-0.3, -0.25) is 0 Å². The van der Waals surface area contributed by atoms with Crippen LogP contribution in [0.3, 0.4) is 0 Å². The largest absolute Gasteiger partial charge is 0.462 e. The minimum absolute atomic E-state index is 0.313. The first-order chi connectivity index (χ1) is 12.8. The van der Waals surface area contributed by atoms with Gasteiger partial charge in [0.1, 0.15) is 5.00 Å². The molecule has 1 aliphatic rings. The number of aryl methyl sites for hydroxylation is 1. The van der Waals surface area contributed by atoms with Gasteiger partial charge in [-0.15, -0.1) is 11.3 Å². The first-order valence-corrected chi connectivity index (χ1v) is 10.1. The van der Waals surface area contributed by atoms with Crippen LogP contribution >= 0.6 is 23.6 Å². The summed E-state index contributed by atoms with van der Waals surface area (Å²) in [6.07, 6.45) is 0.659. The highest BCUT2D eigenvalue weighted by Gasteiger charge is 2.34. The molecule has 0 amide bonds. The Balaban J connectivity index is 1.88. The molecule has 1 aromatic heterocycles. The number of fused-ring (bicyclic) bond motifs is 1. The van der Waals surface area contributed by atoms with Gasteiger partial charge in [0.15, 0.2) is 5.11 Å². The zero-order valence-corrected chi connectivity index (χ0v) is 17.6. The third-order valence-electron chi connectivity index (χ3n) is 4.39. The number of esters is 1. The van der Waals surface area contributed by atoms with Crippen molar-refractivity contribution >= 4 is 45.3 Å². The number of hydrogen-bond acceptors (Lipinski definition) is 5. The van der Waals surface area contributed by atoms with Crippen molar-refractivity contribution in [3.63, 3.8) is 0 Å². The lowest BCUT2D eigenvalue weighted by Crippen LogP contribution is -2.32. The van der Waals surface area contributed by atoms with Crippen LogP contribution in [0.2, 0.25) is 0 Å². The quantitative estimate of drug-likeness (QED) is 0.559. The minimum atomic E-state index is -0.325. The zero-order chi connectivity index (χ0) is 19.6. The van der Waals surface area contributed by atoms with Crippen LogP contribution in [0.4, 0.5) is 10.7 Å². The van der Waals surface area contributed by atoms with Crippen molar-refractivity contribution < 1.29 is 14.3 Å². The van der Waals surface area contributed by atoms with Crippen molar-refractivity contribution in [3.05, 3.63) is 45.8 Å². The van der Waals surface area contributed by atoms with E-state index >= 15 is 0 Å². The Hall–Kier alpha value is -1.96. The lowest BCUT2D eigenvalue weighted by atomic mass is 9.93. The molecule has 2 aromatic rings. The summed E-state index contributed by atoms with van der Waals surface area (Å²) in [6, 6.07) is 7.90. The number of rotatable bonds is 4. The van der Waals surface area contributed by atoms with Crippen LogP contribution < -0.4 is 10.6 Å². The minimum Gasteiger partial charge on any atom is -0.462 e. The molecule has 1 aromatic carbocycles. The highest BCUT2D eigenvalue weighted by atomic mass is 32.1. The summed E-state index contributed by atoms with van der Waals surface area (Å²) in [5.41, 5.74) is 3.27. The average molecular weight is 405 g/mol. The summed E-state index contributed by atoms with van der Waals surface area (Å²) >= 11 is 6.97. The van der Waals surface area contributed by atoms with Gasteiger partial charge in [0.25, 0.3) is 0 Å². The van der Waals surface area contributed by atoms with Crippen LogP contribution in [-0.2, 0) is 22.5 Å². The van der Waals surface area contributed by atoms with E-state index in [-0.39, 0.29) is 11.6 Å². The van der Waals surface area contributed by atoms with E-state index in [1.54, 1.807) is 6.92 Å². The SMILES string of the molecule is CCOC(=O)c1c(NC(=S)Nc2ccccc2C)sc2c1CC(C)(C)OC2. The van der Waals surface area contributed by atoms with E-state index in [1.165, 1.54) is 11.3 Å². The molecule has 27 heavy (non-hydrogen) atoms. The fraction of sp³-hybridized carbons (Fsp3) is 0.400. The van der Waals surface area contributed by atoms with Crippen molar-refractivity contribution in [1.29, 1.82) is 0 Å². The summed E-state index contributed by atoms with van der Waals surface area (Å²) in [4.78, 5) is 13.7. The molecule has 7 heteroatoms. The molecular formula is C20H24N2O3S2. The lowest BCUT2D eigenvalue weighted by molar-refractivity contribution is -0.0384. The number of ether oxygens (including phenoxy) is 2. The van der Waals surface area contributed by atoms with Gasteiger partial charge in [0, 0.05) is 17.0 Å². The topological polar surface area (TPSA) is 59.6 Å². The average Bonchev–Trinajstić information content (AvgIpc) is 2.93. The van der Waals surface area contributed by atoms with Crippen LogP contribution in [0.15, 0.2) is 24.3 Å². The number of thiocarbonyl (C=S) groups is 1. The number of anilines is 2. The molecule has 144 valence electrons. The number of thiophene rings is 1. The second-order valence-corrected chi connectivity index (χ2v) is 8.56. The first-order valence-electron chi connectivity index (χ1n) is 8.90. The van der Waals surface area contributed by atoms with Crippen LogP contribution in [0.25, 0.3) is 0 Å². The molecule has 3 rings (SSSR count). The van der Waals surface area contributed by atoms with Crippen molar-refractivity contribution in [1.82, 2.24) is 0 Å². The molecular weight excluding hydrogens is 380 g/mol. The summed E-state index contributed by atoms with van der Waals surface area (Å²) in [5, 5.41) is 7.53. The Morgan fingerprint density at radius 1 is 1.33 bits per heavy atom. The fourth-order valence-corrected chi connectivity index (χ4v) is 4.43. The molecule has 0 radical (unpaired) electrons. The number of para-hydroxylation sites is 1. The van der Waals surface area contributed by atoms with E-state index in [0.29, 0.717) is 35.3 Å². The maximum Gasteiger partial charge on any atom is 0.341 e. The zero-order valence-electron chi connectivity index (χ0n) is 16.0. The number of carbonyl (C=O) groups excluding carboxylic acids is 1.